The zero-order valence-corrected chi connectivity index (χ0v) is 37.4. The maximum Gasteiger partial charge on any atom is 1.00 e. The standard InChI is InChI=1S/C32H26Cl2N12O10S4.Na/c33-27-41-29(37-19-7-11-23(12-8-19)57(35,47)48)45-31(43-27)39-21-5-3-17(25(15-21)59(51,52)53)1-2-18-4-6-22(16-26(18)60(54,55)56)40-32-44-28(34)42-30(46-32)38-20-9-13-24(14-10-20)58(36,49)50;/h1-16H,(H2,35,47,48)(H2,36,49,50)(H,51,52,53)(H,54,55,56)(H2,37,39,41,43,45)(H2,38,40,42,44,46);/q;+1/p-1/b2-1+;. The smallest absolute Gasteiger partial charge is 0.744 e. The van der Waals surface area contributed by atoms with Crippen molar-refractivity contribution in [1.29, 1.82) is 0 Å². The molecule has 0 unspecified atom stereocenters. The number of halogens is 2. The number of anilines is 4. The summed E-state index contributed by atoms with van der Waals surface area (Å²) in [6.45, 7) is 0. The van der Waals surface area contributed by atoms with Gasteiger partial charge in [-0.3, -0.25) is 14.5 Å². The van der Waals surface area contributed by atoms with Crippen LogP contribution in [-0.4, -0.2) is 72.7 Å². The van der Waals surface area contributed by atoms with E-state index in [1.807, 2.05) is 0 Å². The summed E-state index contributed by atoms with van der Waals surface area (Å²) in [5.41, 5.74) is -0.123. The van der Waals surface area contributed by atoms with Crippen LogP contribution in [0.5, 0.6) is 0 Å². The number of nitrogens with one attached hydrogen (secondary N) is 4. The molecule has 0 fully saturated rings. The maximum absolute atomic E-state index is 12.5. The Morgan fingerprint density at radius 1 is 0.607 bits per heavy atom. The van der Waals surface area contributed by atoms with Crippen molar-refractivity contribution >= 4 is 110 Å². The first kappa shape index (κ1) is 47.1. The second kappa shape index (κ2) is 18.6. The Morgan fingerprint density at radius 3 is 1.34 bits per heavy atom. The van der Waals surface area contributed by atoms with Gasteiger partial charge in [-0.2, -0.15) is 28.4 Å². The van der Waals surface area contributed by atoms with E-state index >= 15 is 0 Å². The Kier molecular flexibility index (Phi) is 14.4. The average molecular weight is 960 g/mol. The normalized spacial score (nSPS) is 13.0. The largest absolute Gasteiger partial charge is 1.00 e. The predicted molar refractivity (Wildman–Crippen MR) is 215 cm³/mol. The van der Waals surface area contributed by atoms with E-state index in [4.69, 9.17) is 33.5 Å². The van der Waals surface area contributed by atoms with Gasteiger partial charge in [0, 0.05) is 11.4 Å². The van der Waals surface area contributed by atoms with Gasteiger partial charge in [-0.15, -0.1) is 0 Å². The molecule has 0 atom stereocenters. The number of aromatic nitrogens is 6. The molecule has 61 heavy (non-hydrogen) atoms. The number of nitrogens with zero attached hydrogens (tertiary/aromatic N) is 6. The van der Waals surface area contributed by atoms with Crippen molar-refractivity contribution in [3.05, 3.63) is 118 Å². The summed E-state index contributed by atoms with van der Waals surface area (Å²) in [5, 5.41) is 15.4. The Hall–Kier alpha value is -4.94. The SMILES string of the molecule is NS(=O)(=O)c1ccc(Nc2nc(Cl)[nH]c(=Nc3ccc(/C=C/c4ccc(N=c5nc(Nc6ccc(S(N)(=O)=O)cc6)nc(Cl)[nH]5)cc4S(=O)(=O)O)c(S(=O)(=O)[O-])c3)n2)cc1.[Na+]. The number of sulfonamides is 2. The molecule has 29 heteroatoms. The average Bonchev–Trinajstić information content (AvgIpc) is 3.13. The van der Waals surface area contributed by atoms with Crippen LogP contribution >= 0.6 is 23.2 Å². The Bertz CT molecular complexity index is 3080. The molecule has 0 saturated heterocycles. The Labute approximate surface area is 377 Å². The number of aromatic amines is 2. The van der Waals surface area contributed by atoms with Crippen LogP contribution in [0.2, 0.25) is 10.6 Å². The summed E-state index contributed by atoms with van der Waals surface area (Å²) in [6, 6.07) is 17.6. The molecule has 0 spiro atoms. The Balaban J connectivity index is 0.00000704. The van der Waals surface area contributed by atoms with Gasteiger partial charge in [0.2, 0.25) is 53.7 Å². The van der Waals surface area contributed by atoms with Gasteiger partial charge >= 0.3 is 29.6 Å². The van der Waals surface area contributed by atoms with Gasteiger partial charge < -0.3 is 15.2 Å². The van der Waals surface area contributed by atoms with Gasteiger partial charge in [0.05, 0.1) is 26.1 Å². The summed E-state index contributed by atoms with van der Waals surface area (Å²) < 4.78 is 118. The zero-order chi connectivity index (χ0) is 43.6. The van der Waals surface area contributed by atoms with Crippen molar-refractivity contribution in [2.24, 2.45) is 20.3 Å². The van der Waals surface area contributed by atoms with Gasteiger partial charge in [0.25, 0.3) is 10.1 Å². The van der Waals surface area contributed by atoms with Gasteiger partial charge in [-0.25, -0.2) is 45.5 Å². The van der Waals surface area contributed by atoms with E-state index in [9.17, 15) is 42.8 Å². The summed E-state index contributed by atoms with van der Waals surface area (Å²) in [7, 11) is -18.0. The summed E-state index contributed by atoms with van der Waals surface area (Å²) in [6.07, 6.45) is 2.26. The predicted octanol–water partition coefficient (Wildman–Crippen LogP) is -0.198. The van der Waals surface area contributed by atoms with Crippen LogP contribution in [0.15, 0.2) is 114 Å². The Morgan fingerprint density at radius 2 is 0.984 bits per heavy atom. The topological polar surface area (TPSA) is 364 Å². The third kappa shape index (κ3) is 12.8. The minimum Gasteiger partial charge on any atom is -0.744 e. The van der Waals surface area contributed by atoms with E-state index in [-0.39, 0.29) is 95.6 Å². The summed E-state index contributed by atoms with van der Waals surface area (Å²) in [4.78, 5) is 28.1. The third-order valence-corrected chi connectivity index (χ3v) is 11.6. The van der Waals surface area contributed by atoms with E-state index in [0.717, 1.165) is 24.3 Å². The monoisotopic (exact) mass is 958 g/mol. The van der Waals surface area contributed by atoms with Gasteiger partial charge in [0.1, 0.15) is 15.0 Å². The van der Waals surface area contributed by atoms with Crippen LogP contribution in [0, 0.1) is 0 Å². The summed E-state index contributed by atoms with van der Waals surface area (Å²) >= 11 is 12.2. The quantitative estimate of drug-likeness (QED) is 0.0474. The molecule has 2 heterocycles. The molecule has 6 rings (SSSR count). The molecule has 4 aromatic carbocycles. The molecule has 0 aliphatic carbocycles. The van der Waals surface area contributed by atoms with Crippen LogP contribution < -0.4 is 61.7 Å². The van der Waals surface area contributed by atoms with Crippen molar-refractivity contribution < 1.29 is 72.3 Å². The van der Waals surface area contributed by atoms with E-state index in [2.05, 4.69) is 50.5 Å². The third-order valence-electron chi connectivity index (χ3n) is 7.59. The molecule has 0 amide bonds. The molecule has 0 radical (unpaired) electrons. The number of benzene rings is 4. The van der Waals surface area contributed by atoms with Crippen LogP contribution in [0.1, 0.15) is 11.1 Å². The second-order valence-corrected chi connectivity index (χ2v) is 18.5. The van der Waals surface area contributed by atoms with Crippen molar-refractivity contribution in [2.45, 2.75) is 19.6 Å². The molecule has 0 bridgehead atoms. The van der Waals surface area contributed by atoms with E-state index in [1.54, 1.807) is 0 Å². The molecule has 6 aromatic rings. The van der Waals surface area contributed by atoms with E-state index in [1.165, 1.54) is 72.8 Å². The molecule has 0 aliphatic rings. The van der Waals surface area contributed by atoms with E-state index < -0.39 is 50.1 Å². The fourth-order valence-corrected chi connectivity index (χ4v) is 7.74. The van der Waals surface area contributed by atoms with Crippen molar-refractivity contribution in [3.63, 3.8) is 0 Å². The molecular formula is C32H25Cl2N12NaO10S4. The van der Waals surface area contributed by atoms with Crippen LogP contribution in [0.4, 0.5) is 34.6 Å². The van der Waals surface area contributed by atoms with Crippen molar-refractivity contribution in [3.8, 4) is 0 Å². The van der Waals surface area contributed by atoms with Gasteiger partial charge in [-0.1, -0.05) is 24.3 Å². The second-order valence-electron chi connectivity index (χ2n) is 11.9. The molecule has 2 aromatic heterocycles. The minimum absolute atomic E-state index is 0. The van der Waals surface area contributed by atoms with Crippen molar-refractivity contribution in [1.82, 2.24) is 29.9 Å². The van der Waals surface area contributed by atoms with Gasteiger partial charge in [-0.05, 0) is 107 Å². The van der Waals surface area contributed by atoms with Crippen molar-refractivity contribution in [2.75, 3.05) is 10.6 Å². The zero-order valence-electron chi connectivity index (χ0n) is 30.6. The van der Waals surface area contributed by atoms with Gasteiger partial charge in [0.15, 0.2) is 0 Å². The molecule has 9 N–H and O–H groups in total. The minimum atomic E-state index is -5.18. The fourth-order valence-electron chi connectivity index (χ4n) is 4.99. The fraction of sp³-hybridized carbons (Fsp3) is 0. The number of H-pyrrole nitrogens is 2. The van der Waals surface area contributed by atoms with E-state index in [0.29, 0.717) is 11.4 Å². The molecule has 0 saturated carbocycles. The molecule has 22 nitrogen and oxygen atoms in total. The molecular weight excluding hydrogens is 935 g/mol. The first-order chi connectivity index (χ1) is 28.0. The number of primary sulfonamides is 2. The number of hydrogen-bond donors (Lipinski definition) is 7. The van der Waals surface area contributed by atoms with Crippen LogP contribution in [-0.2, 0) is 40.3 Å². The number of nitrogens with two attached hydrogens (primary N) is 2. The first-order valence-corrected chi connectivity index (χ1v) is 22.8. The number of hydrogen-bond acceptors (Lipinski definition) is 17. The summed E-state index contributed by atoms with van der Waals surface area (Å²) in [5.74, 6) is -0.189. The molecule has 0 aliphatic heterocycles. The number of rotatable bonds is 12. The first-order valence-electron chi connectivity index (χ1n) is 16.1. The molecule has 312 valence electrons. The van der Waals surface area contributed by atoms with Crippen LogP contribution in [0.3, 0.4) is 0 Å². The maximum atomic E-state index is 12.5. The van der Waals surface area contributed by atoms with Crippen LogP contribution in [0.25, 0.3) is 12.2 Å².